The molecule has 0 amide bonds. The number of rotatable bonds is 6. The van der Waals surface area contributed by atoms with Crippen molar-refractivity contribution in [1.29, 1.82) is 0 Å². The van der Waals surface area contributed by atoms with E-state index in [0.29, 0.717) is 12.0 Å². The summed E-state index contributed by atoms with van der Waals surface area (Å²) in [6, 6.07) is 8.86. The number of nitrogens with one attached hydrogen (secondary N) is 2. The van der Waals surface area contributed by atoms with Crippen LogP contribution in [0.4, 0.5) is 0 Å². The first-order valence-corrected chi connectivity index (χ1v) is 7.67. The Hall–Kier alpha value is -1.32. The van der Waals surface area contributed by atoms with Crippen LogP contribution in [-0.4, -0.2) is 22.6 Å². The number of halogens is 1. The Labute approximate surface area is 124 Å². The van der Waals surface area contributed by atoms with E-state index in [9.17, 15) is 0 Å². The second-order valence-electron chi connectivity index (χ2n) is 5.48. The van der Waals surface area contributed by atoms with Gasteiger partial charge in [-0.15, -0.1) is 0 Å². The first-order valence-electron chi connectivity index (χ1n) is 7.29. The van der Waals surface area contributed by atoms with E-state index in [-0.39, 0.29) is 0 Å². The quantitative estimate of drug-likeness (QED) is 0.799. The topological polar surface area (TPSA) is 40.7 Å². The van der Waals surface area contributed by atoms with Crippen LogP contribution in [0.3, 0.4) is 0 Å². The third-order valence-corrected chi connectivity index (χ3v) is 4.41. The van der Waals surface area contributed by atoms with Crippen molar-refractivity contribution in [2.24, 2.45) is 0 Å². The number of imidazole rings is 1. The maximum Gasteiger partial charge on any atom is 0.106 e. The number of H-pyrrole nitrogens is 1. The summed E-state index contributed by atoms with van der Waals surface area (Å²) in [5, 5.41) is 4.53. The van der Waals surface area contributed by atoms with E-state index in [0.717, 1.165) is 30.2 Å². The van der Waals surface area contributed by atoms with Crippen LogP contribution in [-0.2, 0) is 6.42 Å². The largest absolute Gasteiger partial charge is 0.349 e. The fourth-order valence-corrected chi connectivity index (χ4v) is 3.13. The van der Waals surface area contributed by atoms with Gasteiger partial charge in [0, 0.05) is 29.9 Å². The van der Waals surface area contributed by atoms with Crippen LogP contribution >= 0.6 is 11.6 Å². The van der Waals surface area contributed by atoms with Crippen molar-refractivity contribution in [2.45, 2.75) is 37.6 Å². The SMILES string of the molecule is Clc1ccccc1C1CC(NCCCc2ncc[nH]2)C1. The molecule has 3 nitrogen and oxygen atoms in total. The zero-order valence-electron chi connectivity index (χ0n) is 11.5. The summed E-state index contributed by atoms with van der Waals surface area (Å²) in [6.45, 7) is 1.06. The number of hydrogen-bond acceptors (Lipinski definition) is 2. The molecule has 1 fully saturated rings. The van der Waals surface area contributed by atoms with Crippen LogP contribution in [0, 0.1) is 0 Å². The molecular formula is C16H20ClN3. The van der Waals surface area contributed by atoms with E-state index in [2.05, 4.69) is 27.4 Å². The molecule has 0 bridgehead atoms. The van der Waals surface area contributed by atoms with E-state index in [4.69, 9.17) is 11.6 Å². The molecule has 106 valence electrons. The number of aromatic nitrogens is 2. The summed E-state index contributed by atoms with van der Waals surface area (Å²) in [5.74, 6) is 1.71. The number of aryl methyl sites for hydroxylation is 1. The Bertz CT molecular complexity index is 532. The van der Waals surface area contributed by atoms with Gasteiger partial charge in [-0.05, 0) is 43.4 Å². The second kappa shape index (κ2) is 6.42. The number of aromatic amines is 1. The van der Waals surface area contributed by atoms with E-state index in [1.54, 1.807) is 0 Å². The van der Waals surface area contributed by atoms with Gasteiger partial charge in [0.1, 0.15) is 5.82 Å². The molecule has 0 atom stereocenters. The van der Waals surface area contributed by atoms with E-state index in [1.807, 2.05) is 24.5 Å². The van der Waals surface area contributed by atoms with E-state index >= 15 is 0 Å². The smallest absolute Gasteiger partial charge is 0.106 e. The summed E-state index contributed by atoms with van der Waals surface area (Å²) in [6.07, 6.45) is 8.22. The maximum absolute atomic E-state index is 6.23. The maximum atomic E-state index is 6.23. The monoisotopic (exact) mass is 289 g/mol. The zero-order valence-corrected chi connectivity index (χ0v) is 12.2. The van der Waals surface area contributed by atoms with Crippen molar-refractivity contribution in [3.8, 4) is 0 Å². The Balaban J connectivity index is 1.35. The lowest BCUT2D eigenvalue weighted by molar-refractivity contribution is 0.290. The molecular weight excluding hydrogens is 270 g/mol. The summed E-state index contributed by atoms with van der Waals surface area (Å²) in [7, 11) is 0. The van der Waals surface area contributed by atoms with E-state index in [1.165, 1.54) is 18.4 Å². The molecule has 2 N–H and O–H groups in total. The number of benzene rings is 1. The fourth-order valence-electron chi connectivity index (χ4n) is 2.84. The van der Waals surface area contributed by atoms with Crippen molar-refractivity contribution >= 4 is 11.6 Å². The summed E-state index contributed by atoms with van der Waals surface area (Å²) >= 11 is 6.23. The van der Waals surface area contributed by atoms with Gasteiger partial charge < -0.3 is 10.3 Å². The predicted molar refractivity (Wildman–Crippen MR) is 82.1 cm³/mol. The van der Waals surface area contributed by atoms with Crippen LogP contribution in [0.15, 0.2) is 36.7 Å². The molecule has 3 rings (SSSR count). The Morgan fingerprint density at radius 2 is 2.15 bits per heavy atom. The van der Waals surface area contributed by atoms with Gasteiger partial charge in [0.2, 0.25) is 0 Å². The van der Waals surface area contributed by atoms with Gasteiger partial charge >= 0.3 is 0 Å². The highest BCUT2D eigenvalue weighted by atomic mass is 35.5. The van der Waals surface area contributed by atoms with Crippen molar-refractivity contribution in [3.05, 3.63) is 53.1 Å². The molecule has 4 heteroatoms. The molecule has 0 radical (unpaired) electrons. The number of hydrogen-bond donors (Lipinski definition) is 2. The highest BCUT2D eigenvalue weighted by Crippen LogP contribution is 2.39. The highest BCUT2D eigenvalue weighted by Gasteiger charge is 2.30. The lowest BCUT2D eigenvalue weighted by atomic mass is 9.76. The van der Waals surface area contributed by atoms with Crippen molar-refractivity contribution < 1.29 is 0 Å². The van der Waals surface area contributed by atoms with Gasteiger partial charge in [0.25, 0.3) is 0 Å². The zero-order chi connectivity index (χ0) is 13.8. The van der Waals surface area contributed by atoms with Crippen LogP contribution in [0.2, 0.25) is 5.02 Å². The molecule has 1 aliphatic rings. The summed E-state index contributed by atoms with van der Waals surface area (Å²) in [4.78, 5) is 7.36. The minimum Gasteiger partial charge on any atom is -0.349 e. The summed E-state index contributed by atoms with van der Waals surface area (Å²) in [5.41, 5.74) is 1.31. The van der Waals surface area contributed by atoms with Gasteiger partial charge in [-0.1, -0.05) is 29.8 Å². The molecule has 1 saturated carbocycles. The molecule has 0 aliphatic heterocycles. The molecule has 2 aromatic rings. The van der Waals surface area contributed by atoms with Crippen LogP contribution in [0.1, 0.15) is 36.6 Å². The summed E-state index contributed by atoms with van der Waals surface area (Å²) < 4.78 is 0. The van der Waals surface area contributed by atoms with Crippen LogP contribution < -0.4 is 5.32 Å². The normalized spacial score (nSPS) is 21.6. The Kier molecular flexibility index (Phi) is 4.38. The predicted octanol–water partition coefficient (Wildman–Crippen LogP) is 3.53. The lowest BCUT2D eigenvalue weighted by Gasteiger charge is -2.36. The Morgan fingerprint density at radius 3 is 2.90 bits per heavy atom. The average molecular weight is 290 g/mol. The van der Waals surface area contributed by atoms with Gasteiger partial charge in [0.15, 0.2) is 0 Å². The van der Waals surface area contributed by atoms with Crippen LogP contribution in [0.5, 0.6) is 0 Å². The fraction of sp³-hybridized carbons (Fsp3) is 0.438. The van der Waals surface area contributed by atoms with Gasteiger partial charge in [-0.2, -0.15) is 0 Å². The van der Waals surface area contributed by atoms with Gasteiger partial charge in [-0.25, -0.2) is 4.98 Å². The third kappa shape index (κ3) is 3.22. The van der Waals surface area contributed by atoms with Crippen molar-refractivity contribution in [3.63, 3.8) is 0 Å². The average Bonchev–Trinajstić information content (AvgIpc) is 2.91. The van der Waals surface area contributed by atoms with Crippen molar-refractivity contribution in [2.75, 3.05) is 6.54 Å². The van der Waals surface area contributed by atoms with Crippen LogP contribution in [0.25, 0.3) is 0 Å². The number of nitrogens with zero attached hydrogens (tertiary/aromatic N) is 1. The standard InChI is InChI=1S/C16H20ClN3/c17-15-5-2-1-4-14(15)12-10-13(11-12)18-7-3-6-16-19-8-9-20-16/h1-2,4-5,8-9,12-13,18H,3,6-7,10-11H2,(H,19,20). The van der Waals surface area contributed by atoms with E-state index < -0.39 is 0 Å². The molecule has 1 heterocycles. The molecule has 1 aliphatic carbocycles. The van der Waals surface area contributed by atoms with Gasteiger partial charge in [0.05, 0.1) is 0 Å². The first-order chi connectivity index (χ1) is 9.83. The minimum atomic E-state index is 0.631. The molecule has 1 aromatic carbocycles. The molecule has 20 heavy (non-hydrogen) atoms. The molecule has 0 saturated heterocycles. The minimum absolute atomic E-state index is 0.631. The molecule has 0 unspecified atom stereocenters. The lowest BCUT2D eigenvalue weighted by Crippen LogP contribution is -2.40. The first kappa shape index (κ1) is 13.7. The molecule has 0 spiro atoms. The van der Waals surface area contributed by atoms with Gasteiger partial charge in [-0.3, -0.25) is 0 Å². The van der Waals surface area contributed by atoms with Crippen molar-refractivity contribution in [1.82, 2.24) is 15.3 Å². The molecule has 1 aromatic heterocycles. The second-order valence-corrected chi connectivity index (χ2v) is 5.89. The third-order valence-electron chi connectivity index (χ3n) is 4.06. The highest BCUT2D eigenvalue weighted by molar-refractivity contribution is 6.31. The Morgan fingerprint density at radius 1 is 1.30 bits per heavy atom.